The van der Waals surface area contributed by atoms with Crippen molar-refractivity contribution in [2.75, 3.05) is 19.8 Å². The lowest BCUT2D eigenvalue weighted by Crippen LogP contribution is -2.34. The molecule has 6 nitrogen and oxygen atoms in total. The second kappa shape index (κ2) is 7.90. The number of ketones is 1. The van der Waals surface area contributed by atoms with Crippen molar-refractivity contribution in [1.29, 1.82) is 0 Å². The summed E-state index contributed by atoms with van der Waals surface area (Å²) in [5, 5.41) is 18.6. The molecule has 0 amide bonds. The molecule has 6 heteroatoms. The molecule has 2 aromatic carbocycles. The summed E-state index contributed by atoms with van der Waals surface area (Å²) in [6.45, 7) is 1.84. The maximum absolute atomic E-state index is 12.7. The van der Waals surface area contributed by atoms with Gasteiger partial charge in [0.15, 0.2) is 5.78 Å². The van der Waals surface area contributed by atoms with E-state index in [-0.39, 0.29) is 38.4 Å². The number of aliphatic carboxylic acids is 1. The Hall–Kier alpha value is -2.70. The first kappa shape index (κ1) is 19.1. The fourth-order valence-corrected chi connectivity index (χ4v) is 3.13. The number of ether oxygens (including phenoxy) is 2. The number of carboxylic acid groups (broad SMARTS) is 1. The van der Waals surface area contributed by atoms with Crippen LogP contribution >= 0.6 is 0 Å². The average molecular weight is 370 g/mol. The van der Waals surface area contributed by atoms with Gasteiger partial charge in [0.05, 0.1) is 24.2 Å². The molecule has 0 aliphatic carbocycles. The van der Waals surface area contributed by atoms with Crippen molar-refractivity contribution in [2.24, 2.45) is 0 Å². The van der Waals surface area contributed by atoms with Crippen molar-refractivity contribution in [3.05, 3.63) is 59.2 Å². The molecule has 1 aliphatic heterocycles. The highest BCUT2D eigenvalue weighted by Crippen LogP contribution is 2.37. The van der Waals surface area contributed by atoms with E-state index >= 15 is 0 Å². The average Bonchev–Trinajstić information content (AvgIpc) is 2.80. The molecule has 27 heavy (non-hydrogen) atoms. The lowest BCUT2D eigenvalue weighted by atomic mass is 9.79. The van der Waals surface area contributed by atoms with Gasteiger partial charge in [-0.15, -0.1) is 0 Å². The van der Waals surface area contributed by atoms with Gasteiger partial charge in [-0.2, -0.15) is 0 Å². The van der Waals surface area contributed by atoms with E-state index in [9.17, 15) is 14.7 Å². The largest absolute Gasteiger partial charge is 0.481 e. The number of carbonyl (C=O) groups is 2. The summed E-state index contributed by atoms with van der Waals surface area (Å²) in [5.41, 5.74) is 0.486. The highest BCUT2D eigenvalue weighted by molar-refractivity contribution is 6.01. The van der Waals surface area contributed by atoms with E-state index < -0.39 is 11.4 Å². The lowest BCUT2D eigenvalue weighted by molar-refractivity contribution is -0.144. The van der Waals surface area contributed by atoms with Crippen molar-refractivity contribution >= 4 is 11.8 Å². The molecule has 2 N–H and O–H groups in total. The molecule has 3 rings (SSSR count). The topological polar surface area (TPSA) is 93.1 Å². The molecule has 0 saturated heterocycles. The van der Waals surface area contributed by atoms with Crippen molar-refractivity contribution in [3.63, 3.8) is 0 Å². The molecule has 1 atom stereocenters. The third-order valence-electron chi connectivity index (χ3n) is 4.91. The lowest BCUT2D eigenvalue weighted by Gasteiger charge is -2.26. The van der Waals surface area contributed by atoms with Crippen LogP contribution < -0.4 is 4.74 Å². The van der Waals surface area contributed by atoms with E-state index in [4.69, 9.17) is 14.6 Å². The zero-order valence-electron chi connectivity index (χ0n) is 15.1. The number of rotatable bonds is 7. The monoisotopic (exact) mass is 370 g/mol. The zero-order valence-corrected chi connectivity index (χ0v) is 15.1. The normalized spacial score (nSPS) is 15.1. The Balaban J connectivity index is 1.93. The van der Waals surface area contributed by atoms with Gasteiger partial charge in [-0.25, -0.2) is 0 Å². The quantitative estimate of drug-likeness (QED) is 0.728. The van der Waals surface area contributed by atoms with Gasteiger partial charge in [-0.05, 0) is 37.1 Å². The van der Waals surface area contributed by atoms with Gasteiger partial charge in [0, 0.05) is 18.6 Å². The van der Waals surface area contributed by atoms with Crippen LogP contribution in [0.1, 0.15) is 34.8 Å². The third kappa shape index (κ3) is 3.86. The second-order valence-electron chi connectivity index (χ2n) is 6.74. The zero-order chi connectivity index (χ0) is 19.4. The van der Waals surface area contributed by atoms with E-state index in [1.807, 2.05) is 24.3 Å². The van der Waals surface area contributed by atoms with Crippen molar-refractivity contribution < 1.29 is 29.3 Å². The van der Waals surface area contributed by atoms with Gasteiger partial charge in [-0.1, -0.05) is 24.3 Å². The Morgan fingerprint density at radius 1 is 1.19 bits per heavy atom. The van der Waals surface area contributed by atoms with E-state index in [1.165, 1.54) is 0 Å². The van der Waals surface area contributed by atoms with Crippen LogP contribution in [-0.4, -0.2) is 41.8 Å². The molecule has 0 saturated carbocycles. The maximum atomic E-state index is 12.7. The van der Waals surface area contributed by atoms with Gasteiger partial charge in [0.1, 0.15) is 11.5 Å². The first-order valence-corrected chi connectivity index (χ1v) is 8.81. The number of Topliss-reactive ketones (excluding diaryl/α,β-unsaturated/α-hetero) is 1. The van der Waals surface area contributed by atoms with Crippen molar-refractivity contribution in [2.45, 2.75) is 25.2 Å². The number of fused-ring (bicyclic) bond motifs is 2. The molecule has 0 radical (unpaired) electrons. The molecular weight excluding hydrogens is 348 g/mol. The van der Waals surface area contributed by atoms with Gasteiger partial charge in [0.2, 0.25) is 0 Å². The van der Waals surface area contributed by atoms with Crippen LogP contribution in [0, 0.1) is 0 Å². The predicted octanol–water partition coefficient (Wildman–Crippen LogP) is 2.96. The fraction of sp³-hybridized carbons (Fsp3) is 0.333. The van der Waals surface area contributed by atoms with Crippen LogP contribution in [0.25, 0.3) is 0 Å². The minimum absolute atomic E-state index is 0.110. The van der Waals surface area contributed by atoms with Gasteiger partial charge >= 0.3 is 5.97 Å². The fourth-order valence-electron chi connectivity index (χ4n) is 3.13. The summed E-state index contributed by atoms with van der Waals surface area (Å²) in [4.78, 5) is 24.7. The highest BCUT2D eigenvalue weighted by Gasteiger charge is 2.36. The van der Waals surface area contributed by atoms with Crippen LogP contribution in [-0.2, 0) is 21.4 Å². The maximum Gasteiger partial charge on any atom is 0.313 e. The van der Waals surface area contributed by atoms with Gasteiger partial charge < -0.3 is 19.7 Å². The Kier molecular flexibility index (Phi) is 5.58. The van der Waals surface area contributed by atoms with Crippen molar-refractivity contribution in [1.82, 2.24) is 0 Å². The number of benzene rings is 2. The number of hydrogen-bond acceptors (Lipinski definition) is 5. The number of aliphatic hydroxyl groups is 1. The minimum Gasteiger partial charge on any atom is -0.481 e. The number of carbonyl (C=O) groups excluding carboxylic acids is 1. The Bertz CT molecular complexity index is 860. The van der Waals surface area contributed by atoms with Crippen molar-refractivity contribution in [3.8, 4) is 11.5 Å². The summed E-state index contributed by atoms with van der Waals surface area (Å²) in [6, 6.07) is 12.3. The first-order valence-electron chi connectivity index (χ1n) is 8.81. The Morgan fingerprint density at radius 2 is 1.96 bits per heavy atom. The van der Waals surface area contributed by atoms with Crippen LogP contribution in [0.2, 0.25) is 0 Å². The summed E-state index contributed by atoms with van der Waals surface area (Å²) in [7, 11) is 0. The smallest absolute Gasteiger partial charge is 0.313 e. The molecule has 1 heterocycles. The molecule has 142 valence electrons. The first-order chi connectivity index (χ1) is 13.0. The van der Waals surface area contributed by atoms with Gasteiger partial charge in [0.25, 0.3) is 0 Å². The highest BCUT2D eigenvalue weighted by atomic mass is 16.5. The molecule has 1 aliphatic rings. The molecule has 1 unspecified atom stereocenters. The summed E-state index contributed by atoms with van der Waals surface area (Å²) < 4.78 is 11.1. The van der Waals surface area contributed by atoms with E-state index in [0.717, 1.165) is 5.56 Å². The SMILES string of the molecule is CC(CCOCCO)(C(=O)O)c1ccc2c(c1)C(=O)Cc1ccccc1O2. The predicted molar refractivity (Wildman–Crippen MR) is 98.5 cm³/mol. The molecule has 2 aromatic rings. The molecule has 0 spiro atoms. The summed E-state index contributed by atoms with van der Waals surface area (Å²) in [5.74, 6) is -0.0462. The number of carboxylic acids is 1. The third-order valence-corrected chi connectivity index (χ3v) is 4.91. The molecule has 0 fully saturated rings. The van der Waals surface area contributed by atoms with Crippen LogP contribution in [0.3, 0.4) is 0 Å². The molecule has 0 bridgehead atoms. The van der Waals surface area contributed by atoms with E-state index in [1.54, 1.807) is 25.1 Å². The van der Waals surface area contributed by atoms with E-state index in [2.05, 4.69) is 0 Å². The van der Waals surface area contributed by atoms with Crippen LogP contribution in [0.4, 0.5) is 0 Å². The minimum atomic E-state index is -1.22. The number of aliphatic hydroxyl groups excluding tert-OH is 1. The standard InChI is InChI=1S/C21H22O6/c1-21(20(24)25,8-10-26-11-9-22)15-6-7-19-16(13-15)17(23)12-14-4-2-3-5-18(14)27-19/h2-7,13,22H,8-12H2,1H3,(H,24,25). The van der Waals surface area contributed by atoms with Crippen LogP contribution in [0.15, 0.2) is 42.5 Å². The number of hydrogen-bond donors (Lipinski definition) is 2. The van der Waals surface area contributed by atoms with Gasteiger partial charge in [-0.3, -0.25) is 9.59 Å². The molecular formula is C21H22O6. The summed E-state index contributed by atoms with van der Waals surface area (Å²) in [6.07, 6.45) is 0.423. The Morgan fingerprint density at radius 3 is 2.70 bits per heavy atom. The van der Waals surface area contributed by atoms with Crippen LogP contribution in [0.5, 0.6) is 11.5 Å². The molecule has 0 aromatic heterocycles. The summed E-state index contributed by atoms with van der Waals surface area (Å²) >= 11 is 0. The van der Waals surface area contributed by atoms with E-state index in [0.29, 0.717) is 22.6 Å². The second-order valence-corrected chi connectivity index (χ2v) is 6.74. The Labute approximate surface area is 157 Å². The number of para-hydroxylation sites is 1.